The molecular weight excluding hydrogens is 498 g/mol. The maximum atomic E-state index is 13.4. The maximum absolute atomic E-state index is 13.4. The molecule has 0 spiro atoms. The molecule has 0 radical (unpaired) electrons. The Hall–Kier alpha value is -4.12. The van der Waals surface area contributed by atoms with Crippen molar-refractivity contribution in [3.63, 3.8) is 0 Å². The number of hydrogen-bond acceptors (Lipinski definition) is 7. The molecule has 4 rings (SSSR count). The van der Waals surface area contributed by atoms with Crippen LogP contribution in [-0.2, 0) is 19.4 Å². The zero-order valence-electron chi connectivity index (χ0n) is 20.2. The number of aryl methyl sites for hydroxylation is 1. The van der Waals surface area contributed by atoms with Crippen molar-refractivity contribution >= 4 is 27.6 Å². The molecule has 11 heteroatoms. The van der Waals surface area contributed by atoms with Gasteiger partial charge in [-0.05, 0) is 43.3 Å². The third-order valence-electron chi connectivity index (χ3n) is 5.94. The first-order valence-electron chi connectivity index (χ1n) is 11.6. The van der Waals surface area contributed by atoms with Gasteiger partial charge in [0.05, 0.1) is 11.2 Å². The molecular formula is C26H27N3O7S. The molecule has 3 amide bonds. The van der Waals surface area contributed by atoms with E-state index in [2.05, 4.69) is 5.32 Å². The van der Waals surface area contributed by atoms with E-state index in [1.54, 1.807) is 23.1 Å². The monoisotopic (exact) mass is 525 g/mol. The highest BCUT2D eigenvalue weighted by Gasteiger charge is 2.40. The van der Waals surface area contributed by atoms with Crippen molar-refractivity contribution in [2.45, 2.75) is 17.2 Å². The number of benzene rings is 2. The first-order valence-corrected chi connectivity index (χ1v) is 13.2. The average molecular weight is 526 g/mol. The molecule has 10 nitrogen and oxygen atoms in total. The zero-order chi connectivity index (χ0) is 26.4. The molecule has 0 unspecified atom stereocenters. The van der Waals surface area contributed by atoms with Crippen molar-refractivity contribution in [3.05, 3.63) is 84.3 Å². The van der Waals surface area contributed by atoms with E-state index >= 15 is 0 Å². The maximum Gasteiger partial charge on any atom is 0.288 e. The number of rotatable bonds is 8. The van der Waals surface area contributed by atoms with Gasteiger partial charge >= 0.3 is 0 Å². The third kappa shape index (κ3) is 6.18. The van der Waals surface area contributed by atoms with Crippen molar-refractivity contribution < 1.29 is 32.0 Å². The van der Waals surface area contributed by atoms with Crippen LogP contribution in [-0.4, -0.2) is 74.1 Å². The summed E-state index contributed by atoms with van der Waals surface area (Å²) in [5.41, 5.74) is 1.08. The van der Waals surface area contributed by atoms with E-state index in [0.29, 0.717) is 5.75 Å². The summed E-state index contributed by atoms with van der Waals surface area (Å²) >= 11 is 0. The Balaban J connectivity index is 1.42. The van der Waals surface area contributed by atoms with Gasteiger partial charge in [0.2, 0.25) is 15.2 Å². The van der Waals surface area contributed by atoms with Gasteiger partial charge in [0, 0.05) is 26.2 Å². The molecule has 194 valence electrons. The fraction of sp³-hybridized carbons (Fsp3) is 0.269. The number of carbonyl (C=O) groups excluding carboxylic acids is 3. The summed E-state index contributed by atoms with van der Waals surface area (Å²) in [5.74, 6) is -1.40. The summed E-state index contributed by atoms with van der Waals surface area (Å²) in [7, 11) is -4.27. The lowest BCUT2D eigenvalue weighted by atomic mass is 10.2. The minimum atomic E-state index is -4.27. The van der Waals surface area contributed by atoms with Gasteiger partial charge < -0.3 is 24.3 Å². The van der Waals surface area contributed by atoms with Crippen LogP contribution in [0.1, 0.15) is 16.1 Å². The molecule has 1 fully saturated rings. The van der Waals surface area contributed by atoms with E-state index in [-0.39, 0.29) is 49.3 Å². The highest BCUT2D eigenvalue weighted by Crippen LogP contribution is 2.18. The lowest BCUT2D eigenvalue weighted by Gasteiger charge is -2.36. The van der Waals surface area contributed by atoms with Gasteiger partial charge in [-0.1, -0.05) is 35.9 Å². The van der Waals surface area contributed by atoms with Crippen LogP contribution in [0.15, 0.2) is 82.3 Å². The zero-order valence-corrected chi connectivity index (χ0v) is 21.0. The summed E-state index contributed by atoms with van der Waals surface area (Å²) in [4.78, 5) is 41.4. The molecule has 1 aliphatic heterocycles. The van der Waals surface area contributed by atoms with Crippen LogP contribution in [0, 0.1) is 6.92 Å². The predicted molar refractivity (Wildman–Crippen MR) is 133 cm³/mol. The molecule has 0 aliphatic carbocycles. The average Bonchev–Trinajstić information content (AvgIpc) is 3.47. The lowest BCUT2D eigenvalue weighted by Crippen LogP contribution is -2.58. The molecule has 3 aromatic rings. The molecule has 2 aromatic carbocycles. The second-order valence-corrected chi connectivity index (χ2v) is 10.5. The van der Waals surface area contributed by atoms with Gasteiger partial charge in [0.25, 0.3) is 17.7 Å². The molecule has 37 heavy (non-hydrogen) atoms. The van der Waals surface area contributed by atoms with Crippen molar-refractivity contribution in [2.75, 3.05) is 32.8 Å². The van der Waals surface area contributed by atoms with E-state index in [0.717, 1.165) is 5.56 Å². The van der Waals surface area contributed by atoms with E-state index < -0.39 is 27.0 Å². The summed E-state index contributed by atoms with van der Waals surface area (Å²) in [6.45, 7) is 2.41. The van der Waals surface area contributed by atoms with Gasteiger partial charge in [0.1, 0.15) is 5.75 Å². The van der Waals surface area contributed by atoms with Gasteiger partial charge in [-0.15, -0.1) is 0 Å². The molecule has 1 aromatic heterocycles. The number of carbonyl (C=O) groups is 3. The number of nitrogens with one attached hydrogen (secondary N) is 1. The number of ether oxygens (including phenoxy) is 1. The van der Waals surface area contributed by atoms with E-state index in [9.17, 15) is 22.8 Å². The smallest absolute Gasteiger partial charge is 0.288 e. The van der Waals surface area contributed by atoms with Crippen LogP contribution in [0.3, 0.4) is 0 Å². The summed E-state index contributed by atoms with van der Waals surface area (Å²) < 4.78 is 37.3. The van der Waals surface area contributed by atoms with Crippen LogP contribution in [0.4, 0.5) is 0 Å². The Morgan fingerprint density at radius 1 is 0.919 bits per heavy atom. The first kappa shape index (κ1) is 26.0. The Morgan fingerprint density at radius 3 is 2.19 bits per heavy atom. The predicted octanol–water partition coefficient (Wildman–Crippen LogP) is 1.87. The van der Waals surface area contributed by atoms with Crippen molar-refractivity contribution in [1.82, 2.24) is 15.1 Å². The van der Waals surface area contributed by atoms with Crippen molar-refractivity contribution in [1.29, 1.82) is 0 Å². The summed E-state index contributed by atoms with van der Waals surface area (Å²) in [6, 6.07) is 17.6. The molecule has 0 bridgehead atoms. The quantitative estimate of drug-likeness (QED) is 0.476. The van der Waals surface area contributed by atoms with Crippen molar-refractivity contribution in [2.24, 2.45) is 0 Å². The summed E-state index contributed by atoms with van der Waals surface area (Å²) in [6.07, 6.45) is 1.27. The van der Waals surface area contributed by atoms with Crippen LogP contribution in [0.5, 0.6) is 5.75 Å². The Kier molecular flexibility index (Phi) is 7.92. The minimum absolute atomic E-state index is 0.102. The topological polar surface area (TPSA) is 126 Å². The minimum Gasteiger partial charge on any atom is -0.484 e. The molecule has 1 atom stereocenters. The fourth-order valence-electron chi connectivity index (χ4n) is 3.83. The second-order valence-electron chi connectivity index (χ2n) is 8.50. The van der Waals surface area contributed by atoms with Crippen molar-refractivity contribution in [3.8, 4) is 5.75 Å². The molecule has 2 heterocycles. The second kappa shape index (κ2) is 11.3. The highest BCUT2D eigenvalue weighted by atomic mass is 32.2. The molecule has 1 aliphatic rings. The van der Waals surface area contributed by atoms with Gasteiger partial charge in [-0.2, -0.15) is 0 Å². The standard InChI is InChI=1S/C26H27N3O7S/c1-19-9-11-20(12-10-19)36-18-23(30)28-13-15-29(16-14-28)26(32)25(27-24(31)22-8-5-17-35-22)37(33,34)21-6-3-2-4-7-21/h2-12,17,25H,13-16,18H2,1H3,(H,27,31)/t25-/m0/s1. The highest BCUT2D eigenvalue weighted by molar-refractivity contribution is 7.92. The molecule has 1 N–H and O–H groups in total. The number of furan rings is 1. The number of hydrogen-bond donors (Lipinski definition) is 1. The van der Waals surface area contributed by atoms with Gasteiger partial charge in [-0.3, -0.25) is 14.4 Å². The van der Waals surface area contributed by atoms with Gasteiger partial charge in [0.15, 0.2) is 12.4 Å². The Bertz CT molecular complexity index is 1330. The van der Waals surface area contributed by atoms with E-state index in [4.69, 9.17) is 9.15 Å². The normalized spacial score (nSPS) is 14.6. The number of nitrogens with zero attached hydrogens (tertiary/aromatic N) is 2. The van der Waals surface area contributed by atoms with Gasteiger partial charge in [-0.25, -0.2) is 8.42 Å². The number of piperazine rings is 1. The van der Waals surface area contributed by atoms with Crippen LogP contribution >= 0.6 is 0 Å². The SMILES string of the molecule is Cc1ccc(OCC(=O)N2CCN(C(=O)[C@@H](NC(=O)c3ccco3)S(=O)(=O)c3ccccc3)CC2)cc1. The molecule has 1 saturated heterocycles. The third-order valence-corrected chi connectivity index (χ3v) is 7.81. The first-order chi connectivity index (χ1) is 17.8. The lowest BCUT2D eigenvalue weighted by molar-refractivity contribution is -0.140. The fourth-order valence-corrected chi connectivity index (χ4v) is 5.31. The molecule has 0 saturated carbocycles. The largest absolute Gasteiger partial charge is 0.484 e. The number of amides is 3. The van der Waals surface area contributed by atoms with Crippen LogP contribution < -0.4 is 10.1 Å². The Morgan fingerprint density at radius 2 is 1.57 bits per heavy atom. The van der Waals surface area contributed by atoms with Crippen LogP contribution in [0.25, 0.3) is 0 Å². The number of sulfone groups is 1. The van der Waals surface area contributed by atoms with E-state index in [1.165, 1.54) is 47.6 Å². The Labute approximate surface area is 214 Å². The van der Waals surface area contributed by atoms with E-state index in [1.807, 2.05) is 19.1 Å². The summed E-state index contributed by atoms with van der Waals surface area (Å²) in [5, 5.41) is 0.458. The van der Waals surface area contributed by atoms with Crippen LogP contribution in [0.2, 0.25) is 0 Å².